The quantitative estimate of drug-likeness (QED) is 0.440. The number of aromatic nitrogens is 6. The van der Waals surface area contributed by atoms with Crippen LogP contribution in [0.25, 0.3) is 10.9 Å². The number of fused-ring (bicyclic) bond motifs is 1. The zero-order valence-electron chi connectivity index (χ0n) is 18.7. The standard InChI is InChI=1S/C22H27N9O/c1-13-11-16-14(2)18(6-5-17(16)23-13)32-22-26-19(25-21-24-15(3)28-29-21)12-20(27-22)31-9-7-30(4)8-10-31/h5-6,11-12,23H,7-10H2,1-4H3,(H2,24,25,26,27,28,29). The summed E-state index contributed by atoms with van der Waals surface area (Å²) in [6.45, 7) is 9.68. The molecule has 0 amide bonds. The summed E-state index contributed by atoms with van der Waals surface area (Å²) in [6, 6.07) is 8.29. The lowest BCUT2D eigenvalue weighted by molar-refractivity contribution is 0.311. The van der Waals surface area contributed by atoms with E-state index in [1.807, 2.05) is 39.0 Å². The maximum atomic E-state index is 6.20. The molecule has 0 bridgehead atoms. The number of aryl methyl sites for hydroxylation is 3. The van der Waals surface area contributed by atoms with Gasteiger partial charge in [-0.3, -0.25) is 5.10 Å². The Kier molecular flexibility index (Phi) is 5.14. The zero-order valence-corrected chi connectivity index (χ0v) is 18.7. The van der Waals surface area contributed by atoms with Crippen LogP contribution < -0.4 is 15.0 Å². The van der Waals surface area contributed by atoms with E-state index < -0.39 is 0 Å². The second-order valence-electron chi connectivity index (χ2n) is 8.26. The van der Waals surface area contributed by atoms with Crippen LogP contribution in [0.15, 0.2) is 24.3 Å². The van der Waals surface area contributed by atoms with Crippen LogP contribution in [0.1, 0.15) is 17.1 Å². The van der Waals surface area contributed by atoms with Crippen molar-refractivity contribution in [1.29, 1.82) is 0 Å². The Morgan fingerprint density at radius 3 is 2.56 bits per heavy atom. The first-order valence-electron chi connectivity index (χ1n) is 10.7. The number of hydrogen-bond donors (Lipinski definition) is 3. The molecule has 10 nitrogen and oxygen atoms in total. The van der Waals surface area contributed by atoms with E-state index in [1.54, 1.807) is 0 Å². The molecule has 5 rings (SSSR count). The number of anilines is 3. The van der Waals surface area contributed by atoms with Gasteiger partial charge in [-0.2, -0.15) is 15.0 Å². The fraction of sp³-hybridized carbons (Fsp3) is 0.364. The Morgan fingerprint density at radius 2 is 1.81 bits per heavy atom. The van der Waals surface area contributed by atoms with Gasteiger partial charge in [-0.15, -0.1) is 5.10 Å². The summed E-state index contributed by atoms with van der Waals surface area (Å²) in [5.74, 6) is 3.31. The van der Waals surface area contributed by atoms with Gasteiger partial charge in [0, 0.05) is 54.4 Å². The molecule has 1 aliphatic heterocycles. The summed E-state index contributed by atoms with van der Waals surface area (Å²) >= 11 is 0. The van der Waals surface area contributed by atoms with Crippen molar-refractivity contribution in [3.63, 3.8) is 0 Å². The van der Waals surface area contributed by atoms with E-state index in [0.29, 0.717) is 11.8 Å². The van der Waals surface area contributed by atoms with Crippen molar-refractivity contribution in [2.45, 2.75) is 20.8 Å². The van der Waals surface area contributed by atoms with E-state index in [0.717, 1.165) is 65.7 Å². The van der Waals surface area contributed by atoms with Crippen molar-refractivity contribution in [2.24, 2.45) is 0 Å². The number of likely N-dealkylation sites (N-methyl/N-ethyl adjacent to an activating group) is 1. The Morgan fingerprint density at radius 1 is 1.00 bits per heavy atom. The molecule has 10 heteroatoms. The molecular weight excluding hydrogens is 406 g/mol. The summed E-state index contributed by atoms with van der Waals surface area (Å²) in [5, 5.41) is 11.3. The number of nitrogens with one attached hydrogen (secondary N) is 3. The van der Waals surface area contributed by atoms with E-state index >= 15 is 0 Å². The minimum Gasteiger partial charge on any atom is -0.424 e. The molecule has 0 aliphatic carbocycles. The van der Waals surface area contributed by atoms with Gasteiger partial charge in [0.2, 0.25) is 5.95 Å². The third-order valence-corrected chi connectivity index (χ3v) is 5.72. The van der Waals surface area contributed by atoms with Gasteiger partial charge in [0.05, 0.1) is 0 Å². The number of aromatic amines is 2. The highest BCUT2D eigenvalue weighted by Crippen LogP contribution is 2.31. The molecule has 0 spiro atoms. The predicted octanol–water partition coefficient (Wildman–Crippen LogP) is 3.29. The van der Waals surface area contributed by atoms with Gasteiger partial charge in [-0.1, -0.05) is 0 Å². The maximum absolute atomic E-state index is 6.20. The van der Waals surface area contributed by atoms with Crippen LogP contribution in [0.2, 0.25) is 0 Å². The zero-order chi connectivity index (χ0) is 22.2. The number of rotatable bonds is 5. The summed E-state index contributed by atoms with van der Waals surface area (Å²) in [7, 11) is 2.13. The predicted molar refractivity (Wildman–Crippen MR) is 124 cm³/mol. The highest BCUT2D eigenvalue weighted by atomic mass is 16.5. The number of piperazine rings is 1. The minimum atomic E-state index is 0.283. The molecule has 166 valence electrons. The minimum absolute atomic E-state index is 0.283. The number of ether oxygens (including phenoxy) is 1. The average Bonchev–Trinajstić information content (AvgIpc) is 3.35. The van der Waals surface area contributed by atoms with E-state index in [-0.39, 0.29) is 6.01 Å². The molecule has 1 fully saturated rings. The molecule has 1 aromatic carbocycles. The molecule has 0 radical (unpaired) electrons. The van der Waals surface area contributed by atoms with Gasteiger partial charge in [0.1, 0.15) is 23.2 Å². The van der Waals surface area contributed by atoms with E-state index in [9.17, 15) is 0 Å². The Hall–Kier alpha value is -3.66. The molecule has 0 unspecified atom stereocenters. The summed E-state index contributed by atoms with van der Waals surface area (Å²) in [5.41, 5.74) is 3.24. The Bertz CT molecular complexity index is 1250. The molecule has 3 aromatic heterocycles. The second-order valence-corrected chi connectivity index (χ2v) is 8.26. The highest BCUT2D eigenvalue weighted by molar-refractivity contribution is 5.86. The summed E-state index contributed by atoms with van der Waals surface area (Å²) in [6.07, 6.45) is 0. The normalized spacial score (nSPS) is 14.8. The third-order valence-electron chi connectivity index (χ3n) is 5.72. The maximum Gasteiger partial charge on any atom is 0.325 e. The topological polar surface area (TPSA) is 111 Å². The number of H-pyrrole nitrogens is 2. The first kappa shape index (κ1) is 20.3. The number of nitrogens with zero attached hydrogens (tertiary/aromatic N) is 6. The van der Waals surface area contributed by atoms with Gasteiger partial charge in [-0.25, -0.2) is 0 Å². The van der Waals surface area contributed by atoms with Crippen LogP contribution in [-0.4, -0.2) is 68.3 Å². The monoisotopic (exact) mass is 433 g/mol. The molecule has 0 atom stereocenters. The molecular formula is C22H27N9O. The van der Waals surface area contributed by atoms with E-state index in [1.165, 1.54) is 0 Å². The molecule has 1 saturated heterocycles. The van der Waals surface area contributed by atoms with Crippen molar-refractivity contribution in [3.05, 3.63) is 41.3 Å². The SMILES string of the molecule is Cc1cc2c(C)c(Oc3nc(Nc4n[nH]c(C)n4)cc(N4CCN(C)CC4)n3)ccc2[nH]1. The number of hydrogen-bond acceptors (Lipinski definition) is 8. The lowest BCUT2D eigenvalue weighted by Crippen LogP contribution is -2.44. The third kappa shape index (κ3) is 4.09. The molecule has 4 heterocycles. The lowest BCUT2D eigenvalue weighted by Gasteiger charge is -2.33. The molecule has 32 heavy (non-hydrogen) atoms. The van der Waals surface area contributed by atoms with Crippen molar-refractivity contribution in [2.75, 3.05) is 43.4 Å². The smallest absolute Gasteiger partial charge is 0.325 e. The molecule has 4 aromatic rings. The van der Waals surface area contributed by atoms with Gasteiger partial charge in [0.15, 0.2) is 0 Å². The summed E-state index contributed by atoms with van der Waals surface area (Å²) in [4.78, 5) is 21.5. The van der Waals surface area contributed by atoms with Crippen LogP contribution in [0.4, 0.5) is 17.6 Å². The van der Waals surface area contributed by atoms with Gasteiger partial charge in [0.25, 0.3) is 0 Å². The van der Waals surface area contributed by atoms with Crippen LogP contribution >= 0.6 is 0 Å². The Labute approximate surface area is 186 Å². The van der Waals surface area contributed by atoms with E-state index in [2.05, 4.69) is 53.4 Å². The van der Waals surface area contributed by atoms with Crippen molar-refractivity contribution in [3.8, 4) is 11.8 Å². The fourth-order valence-corrected chi connectivity index (χ4v) is 3.91. The largest absolute Gasteiger partial charge is 0.424 e. The molecule has 0 saturated carbocycles. The van der Waals surface area contributed by atoms with Gasteiger partial charge >= 0.3 is 6.01 Å². The Balaban J connectivity index is 1.49. The lowest BCUT2D eigenvalue weighted by atomic mass is 10.1. The first-order valence-corrected chi connectivity index (χ1v) is 10.7. The molecule has 3 N–H and O–H groups in total. The number of benzene rings is 1. The van der Waals surface area contributed by atoms with Crippen LogP contribution in [0.3, 0.4) is 0 Å². The average molecular weight is 434 g/mol. The van der Waals surface area contributed by atoms with Crippen molar-refractivity contribution < 1.29 is 4.74 Å². The van der Waals surface area contributed by atoms with Crippen molar-refractivity contribution in [1.82, 2.24) is 35.0 Å². The fourth-order valence-electron chi connectivity index (χ4n) is 3.91. The first-order chi connectivity index (χ1) is 15.4. The highest BCUT2D eigenvalue weighted by Gasteiger charge is 2.19. The summed E-state index contributed by atoms with van der Waals surface area (Å²) < 4.78 is 6.20. The van der Waals surface area contributed by atoms with Crippen LogP contribution in [0.5, 0.6) is 11.8 Å². The second kappa shape index (κ2) is 8.12. The van der Waals surface area contributed by atoms with E-state index in [4.69, 9.17) is 9.72 Å². The molecule has 1 aliphatic rings. The van der Waals surface area contributed by atoms with Gasteiger partial charge < -0.3 is 24.8 Å². The van der Waals surface area contributed by atoms with Gasteiger partial charge in [-0.05, 0) is 46.0 Å². The van der Waals surface area contributed by atoms with Crippen LogP contribution in [-0.2, 0) is 0 Å². The van der Waals surface area contributed by atoms with Crippen LogP contribution in [0, 0.1) is 20.8 Å². The van der Waals surface area contributed by atoms with Crippen molar-refractivity contribution >= 4 is 28.5 Å².